The fraction of sp³-hybridized carbons (Fsp3) is 0.130. The first-order valence-electron chi connectivity index (χ1n) is 9.00. The average Bonchev–Trinajstić information content (AvgIpc) is 2.86. The lowest BCUT2D eigenvalue weighted by atomic mass is 9.92. The van der Waals surface area contributed by atoms with Crippen LogP contribution in [0, 0.1) is 0 Å². The average molecular weight is 375 g/mol. The second-order valence-corrected chi connectivity index (χ2v) is 8.54. The zero-order valence-electron chi connectivity index (χ0n) is 15.1. The SMILES string of the molecule is CNS(=O)(=O)c1ccc(C=C2c3ccccc3CCc3ccccc32)cc1. The number of nitrogens with one attached hydrogen (secondary N) is 1. The third-order valence-electron chi connectivity index (χ3n) is 5.05. The molecule has 0 fully saturated rings. The highest BCUT2D eigenvalue weighted by Gasteiger charge is 2.17. The molecule has 0 radical (unpaired) electrons. The van der Waals surface area contributed by atoms with Gasteiger partial charge in [-0.25, -0.2) is 13.1 Å². The molecular formula is C23H21NO2S. The lowest BCUT2D eigenvalue weighted by molar-refractivity contribution is 0.588. The molecule has 0 unspecified atom stereocenters. The molecule has 4 heteroatoms. The van der Waals surface area contributed by atoms with Gasteiger partial charge in [0.1, 0.15) is 0 Å². The van der Waals surface area contributed by atoms with Crippen molar-refractivity contribution in [3.63, 3.8) is 0 Å². The molecule has 0 bridgehead atoms. The summed E-state index contributed by atoms with van der Waals surface area (Å²) in [6.45, 7) is 0. The van der Waals surface area contributed by atoms with Crippen molar-refractivity contribution in [2.45, 2.75) is 17.7 Å². The van der Waals surface area contributed by atoms with E-state index in [1.807, 2.05) is 12.1 Å². The van der Waals surface area contributed by atoms with Crippen LogP contribution in [-0.2, 0) is 22.9 Å². The van der Waals surface area contributed by atoms with Crippen molar-refractivity contribution in [2.75, 3.05) is 7.05 Å². The highest BCUT2D eigenvalue weighted by Crippen LogP contribution is 2.34. The number of sulfonamides is 1. The van der Waals surface area contributed by atoms with Crippen molar-refractivity contribution in [1.82, 2.24) is 4.72 Å². The number of hydrogen-bond donors (Lipinski definition) is 1. The van der Waals surface area contributed by atoms with Crippen LogP contribution in [0.1, 0.15) is 27.8 Å². The fourth-order valence-corrected chi connectivity index (χ4v) is 4.33. The Morgan fingerprint density at radius 2 is 1.30 bits per heavy atom. The zero-order valence-corrected chi connectivity index (χ0v) is 16.0. The molecule has 4 rings (SSSR count). The number of fused-ring (bicyclic) bond motifs is 2. The van der Waals surface area contributed by atoms with Gasteiger partial charge in [-0.3, -0.25) is 0 Å². The summed E-state index contributed by atoms with van der Waals surface area (Å²) in [4.78, 5) is 0.272. The predicted molar refractivity (Wildman–Crippen MR) is 110 cm³/mol. The van der Waals surface area contributed by atoms with Crippen LogP contribution in [0.25, 0.3) is 11.6 Å². The van der Waals surface area contributed by atoms with Crippen molar-refractivity contribution >= 4 is 21.7 Å². The molecule has 0 saturated carbocycles. The van der Waals surface area contributed by atoms with Crippen molar-refractivity contribution in [1.29, 1.82) is 0 Å². The van der Waals surface area contributed by atoms with E-state index < -0.39 is 10.0 Å². The van der Waals surface area contributed by atoms with Crippen LogP contribution < -0.4 is 4.72 Å². The molecule has 3 aromatic rings. The van der Waals surface area contributed by atoms with E-state index in [-0.39, 0.29) is 4.90 Å². The van der Waals surface area contributed by atoms with E-state index in [4.69, 9.17) is 0 Å². The highest BCUT2D eigenvalue weighted by atomic mass is 32.2. The summed E-state index contributed by atoms with van der Waals surface area (Å²) in [6, 6.07) is 24.0. The molecule has 3 aromatic carbocycles. The first-order chi connectivity index (χ1) is 13.1. The van der Waals surface area contributed by atoms with Gasteiger partial charge in [-0.15, -0.1) is 0 Å². The molecular weight excluding hydrogens is 354 g/mol. The van der Waals surface area contributed by atoms with E-state index in [2.05, 4.69) is 59.3 Å². The summed E-state index contributed by atoms with van der Waals surface area (Å²) >= 11 is 0. The summed E-state index contributed by atoms with van der Waals surface area (Å²) in [5.41, 5.74) is 7.34. The highest BCUT2D eigenvalue weighted by molar-refractivity contribution is 7.89. The first kappa shape index (κ1) is 17.7. The first-order valence-corrected chi connectivity index (χ1v) is 10.5. The van der Waals surface area contributed by atoms with E-state index in [1.165, 1.54) is 34.9 Å². The van der Waals surface area contributed by atoms with Gasteiger partial charge in [-0.2, -0.15) is 0 Å². The van der Waals surface area contributed by atoms with Gasteiger partial charge in [-0.05, 0) is 71.5 Å². The van der Waals surface area contributed by atoms with Gasteiger partial charge < -0.3 is 0 Å². The standard InChI is InChI=1S/C23H21NO2S/c1-24-27(25,26)20-14-10-17(11-15-20)16-23-21-8-4-2-6-18(21)12-13-19-7-3-5-9-22(19)23/h2-11,14-16,24H,12-13H2,1H3. The minimum atomic E-state index is -3.42. The predicted octanol–water partition coefficient (Wildman–Crippen LogP) is 4.28. The lowest BCUT2D eigenvalue weighted by Gasteiger charge is -2.12. The Kier molecular flexibility index (Phi) is 4.68. The molecule has 1 aliphatic carbocycles. The molecule has 136 valence electrons. The second-order valence-electron chi connectivity index (χ2n) is 6.65. The number of rotatable bonds is 3. The van der Waals surface area contributed by atoms with Gasteiger partial charge in [-0.1, -0.05) is 60.7 Å². The smallest absolute Gasteiger partial charge is 0.214 e. The number of benzene rings is 3. The normalized spacial score (nSPS) is 13.4. The van der Waals surface area contributed by atoms with Crippen LogP contribution in [0.4, 0.5) is 0 Å². The summed E-state index contributed by atoms with van der Waals surface area (Å²) < 4.78 is 26.2. The molecule has 0 heterocycles. The van der Waals surface area contributed by atoms with Crippen molar-refractivity contribution in [3.8, 4) is 0 Å². The molecule has 0 atom stereocenters. The number of aryl methyl sites for hydroxylation is 2. The quantitative estimate of drug-likeness (QED) is 0.743. The molecule has 1 aliphatic rings. The van der Waals surface area contributed by atoms with Gasteiger partial charge in [0.25, 0.3) is 0 Å². The van der Waals surface area contributed by atoms with Crippen LogP contribution in [0.5, 0.6) is 0 Å². The van der Waals surface area contributed by atoms with E-state index in [0.29, 0.717) is 0 Å². The minimum absolute atomic E-state index is 0.272. The van der Waals surface area contributed by atoms with E-state index in [9.17, 15) is 8.42 Å². The van der Waals surface area contributed by atoms with Crippen LogP contribution in [0.2, 0.25) is 0 Å². The lowest BCUT2D eigenvalue weighted by Crippen LogP contribution is -2.18. The Morgan fingerprint density at radius 3 is 1.81 bits per heavy atom. The van der Waals surface area contributed by atoms with Crippen LogP contribution in [-0.4, -0.2) is 15.5 Å². The van der Waals surface area contributed by atoms with Gasteiger partial charge in [0.15, 0.2) is 0 Å². The van der Waals surface area contributed by atoms with Crippen molar-refractivity contribution in [2.24, 2.45) is 0 Å². The van der Waals surface area contributed by atoms with Crippen LogP contribution in [0.3, 0.4) is 0 Å². The molecule has 0 amide bonds. The van der Waals surface area contributed by atoms with Gasteiger partial charge in [0, 0.05) is 0 Å². The van der Waals surface area contributed by atoms with E-state index in [1.54, 1.807) is 12.1 Å². The molecule has 1 N–H and O–H groups in total. The topological polar surface area (TPSA) is 46.2 Å². The zero-order chi connectivity index (χ0) is 18.9. The summed E-state index contributed by atoms with van der Waals surface area (Å²) in [5.74, 6) is 0. The Morgan fingerprint density at radius 1 is 0.778 bits per heavy atom. The van der Waals surface area contributed by atoms with E-state index >= 15 is 0 Å². The van der Waals surface area contributed by atoms with Crippen LogP contribution >= 0.6 is 0 Å². The number of hydrogen-bond acceptors (Lipinski definition) is 2. The second kappa shape index (κ2) is 7.14. The van der Waals surface area contributed by atoms with E-state index in [0.717, 1.165) is 18.4 Å². The van der Waals surface area contributed by atoms with Crippen molar-refractivity contribution in [3.05, 3.63) is 101 Å². The molecule has 3 nitrogen and oxygen atoms in total. The molecule has 0 spiro atoms. The summed E-state index contributed by atoms with van der Waals surface area (Å²) in [5, 5.41) is 0. The van der Waals surface area contributed by atoms with Gasteiger partial charge >= 0.3 is 0 Å². The third-order valence-corrected chi connectivity index (χ3v) is 6.48. The molecule has 0 aromatic heterocycles. The maximum Gasteiger partial charge on any atom is 0.240 e. The monoisotopic (exact) mass is 375 g/mol. The molecule has 0 aliphatic heterocycles. The maximum atomic E-state index is 11.9. The Labute approximate surface area is 160 Å². The van der Waals surface area contributed by atoms with Crippen LogP contribution in [0.15, 0.2) is 77.7 Å². The summed E-state index contributed by atoms with van der Waals surface area (Å²) in [6.07, 6.45) is 4.19. The van der Waals surface area contributed by atoms with Gasteiger partial charge in [0.2, 0.25) is 10.0 Å². The Hall–Kier alpha value is -2.69. The molecule has 0 saturated heterocycles. The van der Waals surface area contributed by atoms with Crippen molar-refractivity contribution < 1.29 is 8.42 Å². The minimum Gasteiger partial charge on any atom is -0.214 e. The summed E-state index contributed by atoms with van der Waals surface area (Å²) in [7, 11) is -2.00. The third kappa shape index (κ3) is 3.46. The molecule has 27 heavy (non-hydrogen) atoms. The maximum absolute atomic E-state index is 11.9. The Balaban J connectivity index is 1.85. The Bertz CT molecular complexity index is 1060. The van der Waals surface area contributed by atoms with Gasteiger partial charge in [0.05, 0.1) is 4.90 Å². The largest absolute Gasteiger partial charge is 0.240 e. The fourth-order valence-electron chi connectivity index (χ4n) is 3.60.